The van der Waals surface area contributed by atoms with E-state index < -0.39 is 11.7 Å². The summed E-state index contributed by atoms with van der Waals surface area (Å²) >= 11 is 11.8. The van der Waals surface area contributed by atoms with Crippen molar-refractivity contribution in [1.82, 2.24) is 20.9 Å². The minimum absolute atomic E-state index is 0.146. The van der Waals surface area contributed by atoms with Crippen molar-refractivity contribution in [3.63, 3.8) is 0 Å². The van der Waals surface area contributed by atoms with Crippen molar-refractivity contribution in [2.45, 2.75) is 63.3 Å². The molecule has 2 aromatic rings. The van der Waals surface area contributed by atoms with E-state index in [4.69, 9.17) is 32.7 Å². The van der Waals surface area contributed by atoms with Crippen molar-refractivity contribution < 1.29 is 23.9 Å². The molecule has 1 heterocycles. The van der Waals surface area contributed by atoms with Gasteiger partial charge in [-0.25, -0.2) is 4.79 Å². The maximum Gasteiger partial charge on any atom is 0.407 e. The van der Waals surface area contributed by atoms with Crippen LogP contribution in [0.1, 0.15) is 56.1 Å². The fourth-order valence-corrected chi connectivity index (χ4v) is 4.89. The fourth-order valence-electron chi connectivity index (χ4n) is 4.60. The Bertz CT molecular complexity index is 1180. The number of pyridine rings is 1. The van der Waals surface area contributed by atoms with Crippen molar-refractivity contribution >= 4 is 41.1 Å². The van der Waals surface area contributed by atoms with Gasteiger partial charge in [0.1, 0.15) is 17.0 Å². The van der Waals surface area contributed by atoms with Crippen LogP contribution in [0.5, 0.6) is 5.75 Å². The first-order valence-corrected chi connectivity index (χ1v) is 12.2. The van der Waals surface area contributed by atoms with Gasteiger partial charge in [0.15, 0.2) is 6.61 Å². The Morgan fingerprint density at radius 2 is 1.69 bits per heavy atom. The molecule has 3 saturated carbocycles. The molecule has 3 fully saturated rings. The Kier molecular flexibility index (Phi) is 7.07. The smallest absolute Gasteiger partial charge is 0.407 e. The van der Waals surface area contributed by atoms with Crippen molar-refractivity contribution in [2.75, 3.05) is 6.61 Å². The fraction of sp³-hybridized carbons (Fsp3) is 0.440. The van der Waals surface area contributed by atoms with E-state index in [1.54, 1.807) is 51.1 Å². The molecule has 3 N–H and O–H groups in total. The third-order valence-electron chi connectivity index (χ3n) is 5.97. The molecule has 9 nitrogen and oxygen atoms in total. The summed E-state index contributed by atoms with van der Waals surface area (Å²) in [4.78, 5) is 41.1. The normalized spacial score (nSPS) is 21.9. The van der Waals surface area contributed by atoms with Crippen LogP contribution in [0.15, 0.2) is 36.5 Å². The van der Waals surface area contributed by atoms with Crippen molar-refractivity contribution in [1.29, 1.82) is 0 Å². The summed E-state index contributed by atoms with van der Waals surface area (Å²) in [6, 6.07) is 8.16. The van der Waals surface area contributed by atoms with E-state index in [9.17, 15) is 14.4 Å². The van der Waals surface area contributed by atoms with Gasteiger partial charge in [-0.15, -0.1) is 0 Å². The highest BCUT2D eigenvalue weighted by Gasteiger charge is 2.69. The average Bonchev–Trinajstić information content (AvgIpc) is 2.75. The molecule has 0 unspecified atom stereocenters. The first-order valence-electron chi connectivity index (χ1n) is 11.5. The molecule has 0 saturated heterocycles. The second-order valence-corrected chi connectivity index (χ2v) is 11.2. The van der Waals surface area contributed by atoms with Gasteiger partial charge < -0.3 is 25.4 Å². The zero-order chi connectivity index (χ0) is 26.1. The Balaban J connectivity index is 1.21. The van der Waals surface area contributed by atoms with Gasteiger partial charge in [0.2, 0.25) is 0 Å². The standard InChI is InChI=1S/C25H28Cl2N4O5/c1-23(2,3)36-22(34)29-10-15-6-7-28-19(8-15)21(33)31-25-12-24(13-25,14-25)30-20(32)11-35-16-4-5-17(26)18(27)9-16/h4-9H,10-14H2,1-3H3,(H,29,34)(H,30,32)(H,31,33). The Morgan fingerprint density at radius 3 is 2.36 bits per heavy atom. The molecular formula is C25H28Cl2N4O5. The summed E-state index contributed by atoms with van der Waals surface area (Å²) in [5, 5.41) is 9.48. The lowest BCUT2D eigenvalue weighted by Crippen LogP contribution is -2.84. The summed E-state index contributed by atoms with van der Waals surface area (Å²) in [6.07, 6.45) is 2.92. The molecule has 3 aliphatic rings. The van der Waals surface area contributed by atoms with Gasteiger partial charge in [0.05, 0.1) is 10.0 Å². The summed E-state index contributed by atoms with van der Waals surface area (Å²) < 4.78 is 10.7. The van der Waals surface area contributed by atoms with Gasteiger partial charge in [0.25, 0.3) is 11.8 Å². The molecule has 0 radical (unpaired) electrons. The molecule has 192 valence electrons. The topological polar surface area (TPSA) is 119 Å². The number of benzene rings is 1. The van der Waals surface area contributed by atoms with Crippen LogP contribution in [0.25, 0.3) is 0 Å². The number of carbonyl (C=O) groups excluding carboxylic acids is 3. The molecular weight excluding hydrogens is 507 g/mol. The highest BCUT2D eigenvalue weighted by Crippen LogP contribution is 2.60. The lowest BCUT2D eigenvalue weighted by Gasteiger charge is -2.70. The van der Waals surface area contributed by atoms with E-state index in [1.807, 2.05) is 0 Å². The van der Waals surface area contributed by atoms with E-state index in [2.05, 4.69) is 20.9 Å². The number of ether oxygens (including phenoxy) is 2. The summed E-state index contributed by atoms with van der Waals surface area (Å²) in [7, 11) is 0. The van der Waals surface area contributed by atoms with E-state index in [-0.39, 0.29) is 41.7 Å². The number of aromatic nitrogens is 1. The maximum absolute atomic E-state index is 12.8. The van der Waals surface area contributed by atoms with Crippen LogP contribution in [-0.4, -0.2) is 46.2 Å². The van der Waals surface area contributed by atoms with Crippen LogP contribution < -0.4 is 20.7 Å². The van der Waals surface area contributed by atoms with Crippen LogP contribution in [0.3, 0.4) is 0 Å². The van der Waals surface area contributed by atoms with Gasteiger partial charge in [-0.1, -0.05) is 23.2 Å². The number of amides is 3. The number of carbonyl (C=O) groups is 3. The predicted octanol–water partition coefficient (Wildman–Crippen LogP) is 4.01. The van der Waals surface area contributed by atoms with Crippen LogP contribution in [0.2, 0.25) is 10.0 Å². The SMILES string of the molecule is CC(C)(C)OC(=O)NCc1ccnc(C(=O)NC23CC(NC(=O)COc4ccc(Cl)c(Cl)c4)(C2)C3)c1. The summed E-state index contributed by atoms with van der Waals surface area (Å²) in [6.45, 7) is 5.42. The van der Waals surface area contributed by atoms with Gasteiger partial charge >= 0.3 is 6.09 Å². The van der Waals surface area contributed by atoms with E-state index in [0.29, 0.717) is 35.1 Å². The molecule has 5 rings (SSSR count). The molecule has 11 heteroatoms. The minimum Gasteiger partial charge on any atom is -0.484 e. The Labute approximate surface area is 219 Å². The predicted molar refractivity (Wildman–Crippen MR) is 134 cm³/mol. The van der Waals surface area contributed by atoms with Crippen molar-refractivity contribution in [3.8, 4) is 5.75 Å². The zero-order valence-electron chi connectivity index (χ0n) is 20.2. The van der Waals surface area contributed by atoms with Gasteiger partial charge in [-0.3, -0.25) is 14.6 Å². The van der Waals surface area contributed by atoms with Crippen molar-refractivity contribution in [2.24, 2.45) is 0 Å². The zero-order valence-corrected chi connectivity index (χ0v) is 21.8. The first kappa shape index (κ1) is 26.0. The number of rotatable bonds is 8. The Morgan fingerprint density at radius 1 is 1.00 bits per heavy atom. The second kappa shape index (κ2) is 9.78. The highest BCUT2D eigenvalue weighted by molar-refractivity contribution is 6.42. The molecule has 3 aliphatic carbocycles. The number of nitrogens with zero attached hydrogens (tertiary/aromatic N) is 1. The Hall–Kier alpha value is -3.04. The second-order valence-electron chi connectivity index (χ2n) is 10.4. The van der Waals surface area contributed by atoms with Crippen LogP contribution >= 0.6 is 23.2 Å². The van der Waals surface area contributed by atoms with Crippen molar-refractivity contribution in [3.05, 3.63) is 57.8 Å². The molecule has 1 aromatic heterocycles. The third kappa shape index (κ3) is 6.20. The van der Waals surface area contributed by atoms with Gasteiger partial charge in [-0.2, -0.15) is 0 Å². The van der Waals surface area contributed by atoms with Crippen LogP contribution in [0, 0.1) is 0 Å². The quantitative estimate of drug-likeness (QED) is 0.470. The molecule has 1 aromatic carbocycles. The largest absolute Gasteiger partial charge is 0.484 e. The van der Waals surface area contributed by atoms with E-state index in [0.717, 1.165) is 5.56 Å². The molecule has 3 amide bonds. The first-order chi connectivity index (χ1) is 16.9. The number of hydrogen-bond acceptors (Lipinski definition) is 6. The molecule has 0 spiro atoms. The number of hydrogen-bond donors (Lipinski definition) is 3. The van der Waals surface area contributed by atoms with Gasteiger partial charge in [-0.05, 0) is 69.9 Å². The number of nitrogens with one attached hydrogen (secondary N) is 3. The maximum atomic E-state index is 12.8. The third-order valence-corrected chi connectivity index (χ3v) is 6.71. The lowest BCUT2D eigenvalue weighted by molar-refractivity contribution is -0.141. The number of alkyl carbamates (subject to hydrolysis) is 1. The van der Waals surface area contributed by atoms with Crippen LogP contribution in [0.4, 0.5) is 4.79 Å². The molecule has 0 aliphatic heterocycles. The monoisotopic (exact) mass is 534 g/mol. The summed E-state index contributed by atoms with van der Waals surface area (Å²) in [5.41, 5.74) is -0.273. The summed E-state index contributed by atoms with van der Waals surface area (Å²) in [5.74, 6) is -0.0823. The van der Waals surface area contributed by atoms with E-state index >= 15 is 0 Å². The molecule has 0 atom stereocenters. The molecule has 36 heavy (non-hydrogen) atoms. The average molecular weight is 535 g/mol. The lowest BCUT2D eigenvalue weighted by atomic mass is 9.44. The minimum atomic E-state index is -0.592. The molecule has 2 bridgehead atoms. The highest BCUT2D eigenvalue weighted by atomic mass is 35.5. The van der Waals surface area contributed by atoms with Crippen LogP contribution in [-0.2, 0) is 16.1 Å². The van der Waals surface area contributed by atoms with E-state index in [1.165, 1.54) is 6.20 Å². The van der Waals surface area contributed by atoms with Gasteiger partial charge in [0, 0.05) is 29.9 Å². The number of halogens is 2.